The van der Waals surface area contributed by atoms with Crippen LogP contribution in [0.2, 0.25) is 0 Å². The molecule has 0 bridgehead atoms. The van der Waals surface area contributed by atoms with Crippen LogP contribution in [0.1, 0.15) is 29.4 Å². The molecule has 1 amide bonds. The topological polar surface area (TPSA) is 64.4 Å². The third-order valence-corrected chi connectivity index (χ3v) is 5.99. The van der Waals surface area contributed by atoms with Crippen LogP contribution >= 0.6 is 11.3 Å². The molecule has 3 aromatic rings. The molecule has 0 saturated carbocycles. The second-order valence-electron chi connectivity index (χ2n) is 6.54. The lowest BCUT2D eigenvalue weighted by Crippen LogP contribution is -2.40. The highest BCUT2D eigenvalue weighted by Crippen LogP contribution is 2.34. The van der Waals surface area contributed by atoms with Gasteiger partial charge in [0.2, 0.25) is 0 Å². The van der Waals surface area contributed by atoms with Crippen LogP contribution in [0.25, 0.3) is 15.9 Å². The summed E-state index contributed by atoms with van der Waals surface area (Å²) in [6, 6.07) is 7.77. The van der Waals surface area contributed by atoms with E-state index in [1.165, 1.54) is 11.3 Å². The van der Waals surface area contributed by atoms with Gasteiger partial charge in [-0.3, -0.25) is 9.59 Å². The van der Waals surface area contributed by atoms with E-state index in [1.807, 2.05) is 53.0 Å². The average molecular weight is 383 g/mol. The van der Waals surface area contributed by atoms with Crippen molar-refractivity contribution in [1.82, 2.24) is 14.5 Å². The Hall–Kier alpha value is -2.67. The number of ether oxygens (including phenoxy) is 1. The van der Waals surface area contributed by atoms with Crippen LogP contribution in [0, 0.1) is 5.92 Å². The summed E-state index contributed by atoms with van der Waals surface area (Å²) in [6.45, 7) is 3.34. The first kappa shape index (κ1) is 17.7. The molecule has 0 unspecified atom stereocenters. The lowest BCUT2D eigenvalue weighted by molar-refractivity contribution is -0.149. The van der Waals surface area contributed by atoms with Gasteiger partial charge >= 0.3 is 5.97 Å². The van der Waals surface area contributed by atoms with Crippen molar-refractivity contribution in [2.45, 2.75) is 19.8 Å². The molecule has 1 aliphatic heterocycles. The molecule has 0 aliphatic carbocycles. The first-order valence-electron chi connectivity index (χ1n) is 9.15. The Morgan fingerprint density at radius 2 is 1.96 bits per heavy atom. The number of esters is 1. The van der Waals surface area contributed by atoms with Gasteiger partial charge in [-0.2, -0.15) is 0 Å². The SMILES string of the molecule is CCOC(=O)C1CCN(C(=O)c2sc3ncccc3c2-n2cccc2)CC1. The van der Waals surface area contributed by atoms with Crippen molar-refractivity contribution in [2.24, 2.45) is 5.92 Å². The number of piperidine rings is 1. The van der Waals surface area contributed by atoms with Gasteiger partial charge in [0.25, 0.3) is 5.91 Å². The predicted molar refractivity (Wildman–Crippen MR) is 104 cm³/mol. The molecule has 3 aromatic heterocycles. The fourth-order valence-corrected chi connectivity index (χ4v) is 4.64. The molecule has 0 atom stereocenters. The Morgan fingerprint density at radius 3 is 2.67 bits per heavy atom. The molecule has 0 spiro atoms. The Morgan fingerprint density at radius 1 is 1.22 bits per heavy atom. The number of fused-ring (bicyclic) bond motifs is 1. The van der Waals surface area contributed by atoms with Crippen molar-refractivity contribution >= 4 is 33.4 Å². The van der Waals surface area contributed by atoms with Gasteiger partial charge in [0, 0.05) is 37.1 Å². The summed E-state index contributed by atoms with van der Waals surface area (Å²) in [5.41, 5.74) is 0.880. The minimum Gasteiger partial charge on any atom is -0.466 e. The fourth-order valence-electron chi connectivity index (χ4n) is 3.53. The Bertz CT molecular complexity index is 956. The van der Waals surface area contributed by atoms with Crippen LogP contribution in [-0.4, -0.2) is 46.0 Å². The molecule has 140 valence electrons. The number of likely N-dealkylation sites (tertiary alicyclic amines) is 1. The number of pyridine rings is 1. The lowest BCUT2D eigenvalue weighted by Gasteiger charge is -2.30. The van der Waals surface area contributed by atoms with E-state index in [0.717, 1.165) is 15.9 Å². The molecular weight excluding hydrogens is 362 g/mol. The Balaban J connectivity index is 1.61. The quantitative estimate of drug-likeness (QED) is 0.647. The number of thiophene rings is 1. The molecule has 27 heavy (non-hydrogen) atoms. The van der Waals surface area contributed by atoms with Gasteiger partial charge in [-0.1, -0.05) is 0 Å². The summed E-state index contributed by atoms with van der Waals surface area (Å²) in [5.74, 6) is -0.255. The van der Waals surface area contributed by atoms with E-state index in [0.29, 0.717) is 37.4 Å². The van der Waals surface area contributed by atoms with E-state index in [1.54, 1.807) is 6.20 Å². The van der Waals surface area contributed by atoms with Crippen LogP contribution in [0.15, 0.2) is 42.9 Å². The van der Waals surface area contributed by atoms with Crippen LogP contribution in [-0.2, 0) is 9.53 Å². The Labute approximate surface area is 161 Å². The molecule has 6 nitrogen and oxygen atoms in total. The minimum atomic E-state index is -0.149. The number of hydrogen-bond donors (Lipinski definition) is 0. The van der Waals surface area contributed by atoms with Crippen LogP contribution in [0.5, 0.6) is 0 Å². The van der Waals surface area contributed by atoms with Crippen molar-refractivity contribution < 1.29 is 14.3 Å². The van der Waals surface area contributed by atoms with E-state index in [2.05, 4.69) is 4.98 Å². The fraction of sp³-hybridized carbons (Fsp3) is 0.350. The van der Waals surface area contributed by atoms with Gasteiger partial charge in [0.15, 0.2) is 0 Å². The van der Waals surface area contributed by atoms with Gasteiger partial charge in [0.05, 0.1) is 18.2 Å². The zero-order valence-corrected chi connectivity index (χ0v) is 15.9. The molecule has 0 radical (unpaired) electrons. The molecule has 1 saturated heterocycles. The number of carbonyl (C=O) groups is 2. The molecule has 1 aliphatic rings. The maximum atomic E-state index is 13.3. The molecular formula is C20H21N3O3S. The molecule has 0 aromatic carbocycles. The smallest absolute Gasteiger partial charge is 0.309 e. The third kappa shape index (κ3) is 3.35. The first-order valence-corrected chi connectivity index (χ1v) is 9.97. The summed E-state index contributed by atoms with van der Waals surface area (Å²) in [7, 11) is 0. The van der Waals surface area contributed by atoms with Gasteiger partial charge in [-0.25, -0.2) is 4.98 Å². The largest absolute Gasteiger partial charge is 0.466 e. The molecule has 4 rings (SSSR count). The Kier molecular flexibility index (Phi) is 4.94. The first-order chi connectivity index (χ1) is 13.2. The van der Waals surface area contributed by atoms with Gasteiger partial charge < -0.3 is 14.2 Å². The summed E-state index contributed by atoms with van der Waals surface area (Å²) in [5, 5.41) is 0.975. The third-order valence-electron chi connectivity index (χ3n) is 4.90. The van der Waals surface area contributed by atoms with Gasteiger partial charge in [-0.15, -0.1) is 11.3 Å². The summed E-state index contributed by atoms with van der Waals surface area (Å²) in [4.78, 5) is 33.0. The maximum Gasteiger partial charge on any atom is 0.309 e. The number of amides is 1. The van der Waals surface area contributed by atoms with E-state index in [-0.39, 0.29) is 17.8 Å². The van der Waals surface area contributed by atoms with Crippen LogP contribution < -0.4 is 0 Å². The van der Waals surface area contributed by atoms with E-state index < -0.39 is 0 Å². The van der Waals surface area contributed by atoms with Crippen molar-refractivity contribution in [1.29, 1.82) is 0 Å². The minimum absolute atomic E-state index is 0.00371. The zero-order chi connectivity index (χ0) is 18.8. The van der Waals surface area contributed by atoms with Crippen molar-refractivity contribution in [3.05, 3.63) is 47.7 Å². The highest BCUT2D eigenvalue weighted by Gasteiger charge is 2.31. The standard InChI is InChI=1S/C20H21N3O3S/c1-2-26-20(25)14-7-12-23(13-8-14)19(24)17-16(22-10-3-4-11-22)15-6-5-9-21-18(15)27-17/h3-6,9-11,14H,2,7-8,12-13H2,1H3. The second-order valence-corrected chi connectivity index (χ2v) is 7.54. The molecule has 0 N–H and O–H groups in total. The molecule has 7 heteroatoms. The normalized spacial score (nSPS) is 15.2. The van der Waals surface area contributed by atoms with E-state index in [4.69, 9.17) is 4.74 Å². The maximum absolute atomic E-state index is 13.3. The highest BCUT2D eigenvalue weighted by molar-refractivity contribution is 7.21. The number of nitrogens with zero attached hydrogens (tertiary/aromatic N) is 3. The summed E-state index contributed by atoms with van der Waals surface area (Å²) < 4.78 is 7.09. The van der Waals surface area contributed by atoms with Crippen LogP contribution in [0.4, 0.5) is 0 Å². The number of hydrogen-bond acceptors (Lipinski definition) is 5. The summed E-state index contributed by atoms with van der Waals surface area (Å²) >= 11 is 1.42. The van der Waals surface area contributed by atoms with E-state index >= 15 is 0 Å². The number of rotatable bonds is 4. The van der Waals surface area contributed by atoms with Gasteiger partial charge in [0.1, 0.15) is 9.71 Å². The van der Waals surface area contributed by atoms with Crippen molar-refractivity contribution in [2.75, 3.05) is 19.7 Å². The van der Waals surface area contributed by atoms with Crippen molar-refractivity contribution in [3.63, 3.8) is 0 Å². The molecule has 4 heterocycles. The summed E-state index contributed by atoms with van der Waals surface area (Å²) in [6.07, 6.45) is 6.92. The lowest BCUT2D eigenvalue weighted by atomic mass is 9.97. The predicted octanol–water partition coefficient (Wildman–Crippen LogP) is 3.50. The monoisotopic (exact) mass is 383 g/mol. The highest BCUT2D eigenvalue weighted by atomic mass is 32.1. The van der Waals surface area contributed by atoms with Crippen molar-refractivity contribution in [3.8, 4) is 5.69 Å². The number of aromatic nitrogens is 2. The zero-order valence-electron chi connectivity index (χ0n) is 15.1. The number of carbonyl (C=O) groups excluding carboxylic acids is 2. The van der Waals surface area contributed by atoms with Crippen LogP contribution in [0.3, 0.4) is 0 Å². The van der Waals surface area contributed by atoms with Gasteiger partial charge in [-0.05, 0) is 44.0 Å². The molecule has 1 fully saturated rings. The average Bonchev–Trinajstić information content (AvgIpc) is 3.35. The second kappa shape index (κ2) is 7.52. The van der Waals surface area contributed by atoms with E-state index in [9.17, 15) is 9.59 Å².